The van der Waals surface area contributed by atoms with Crippen LogP contribution in [-0.2, 0) is 9.53 Å². The smallest absolute Gasteiger partial charge is 0.363 e. The van der Waals surface area contributed by atoms with Crippen LogP contribution in [-0.4, -0.2) is 18.0 Å². The van der Waals surface area contributed by atoms with E-state index in [0.717, 1.165) is 24.2 Å². The minimum Gasteiger partial charge on any atom is -0.491 e. The van der Waals surface area contributed by atoms with Crippen molar-refractivity contribution in [2.45, 2.75) is 39.2 Å². The van der Waals surface area contributed by atoms with Crippen LogP contribution in [0.1, 0.15) is 38.7 Å². The zero-order valence-electron chi connectivity index (χ0n) is 12.3. The number of cyclic esters (lactones) is 1. The first-order valence-corrected chi connectivity index (χ1v) is 7.41. The number of esters is 1. The molecule has 21 heavy (non-hydrogen) atoms. The average molecular weight is 285 g/mol. The third kappa shape index (κ3) is 3.15. The Hall–Kier alpha value is -2.10. The molecule has 0 N–H and O–H groups in total. The number of benzene rings is 1. The molecule has 0 aromatic heterocycles. The minimum atomic E-state index is -0.348. The molecule has 4 heteroatoms. The Kier molecular flexibility index (Phi) is 3.78. The molecular formula is C17H19NO3. The second-order valence-electron chi connectivity index (χ2n) is 5.73. The van der Waals surface area contributed by atoms with Gasteiger partial charge in [0.15, 0.2) is 5.70 Å². The van der Waals surface area contributed by atoms with Crippen LogP contribution in [0, 0.1) is 5.92 Å². The van der Waals surface area contributed by atoms with Gasteiger partial charge in [0.25, 0.3) is 0 Å². The van der Waals surface area contributed by atoms with Crippen LogP contribution >= 0.6 is 0 Å². The van der Waals surface area contributed by atoms with Crippen LogP contribution in [0.3, 0.4) is 0 Å². The summed E-state index contributed by atoms with van der Waals surface area (Å²) in [5, 5.41) is 0. The Morgan fingerprint density at radius 2 is 2.00 bits per heavy atom. The summed E-state index contributed by atoms with van der Waals surface area (Å²) in [7, 11) is 0. The van der Waals surface area contributed by atoms with E-state index in [-0.39, 0.29) is 12.1 Å². The summed E-state index contributed by atoms with van der Waals surface area (Å²) in [5.41, 5.74) is 1.30. The van der Waals surface area contributed by atoms with Crippen LogP contribution in [0.15, 0.2) is 35.0 Å². The van der Waals surface area contributed by atoms with Gasteiger partial charge >= 0.3 is 5.97 Å². The lowest BCUT2D eigenvalue weighted by molar-refractivity contribution is -0.130. The van der Waals surface area contributed by atoms with Crippen LogP contribution in [0.25, 0.3) is 6.08 Å². The molecule has 1 aromatic carbocycles. The zero-order chi connectivity index (χ0) is 14.8. The lowest BCUT2D eigenvalue weighted by atomic mass is 9.85. The number of carbonyl (C=O) groups is 1. The van der Waals surface area contributed by atoms with Crippen LogP contribution in [0.5, 0.6) is 5.75 Å². The summed E-state index contributed by atoms with van der Waals surface area (Å²) >= 11 is 0. The highest BCUT2D eigenvalue weighted by Gasteiger charge is 2.32. The maximum Gasteiger partial charge on any atom is 0.363 e. The molecule has 1 aliphatic heterocycles. The Balaban J connectivity index is 1.74. The molecule has 0 bridgehead atoms. The topological polar surface area (TPSA) is 47.9 Å². The number of carbonyl (C=O) groups excluding carboxylic acids is 1. The predicted molar refractivity (Wildman–Crippen MR) is 81.1 cm³/mol. The van der Waals surface area contributed by atoms with Gasteiger partial charge in [-0.3, -0.25) is 0 Å². The highest BCUT2D eigenvalue weighted by atomic mass is 16.6. The van der Waals surface area contributed by atoms with E-state index in [1.54, 1.807) is 6.08 Å². The SMILES string of the molecule is CC(C)Oc1ccc(/C=C2/N=C(C3CCC3)OC2=O)cc1. The first kappa shape index (κ1) is 13.9. The van der Waals surface area contributed by atoms with Crippen LogP contribution in [0.4, 0.5) is 0 Å². The molecule has 2 aliphatic rings. The first-order valence-electron chi connectivity index (χ1n) is 7.41. The fraction of sp³-hybridized carbons (Fsp3) is 0.412. The summed E-state index contributed by atoms with van der Waals surface area (Å²) in [6.07, 6.45) is 5.24. The summed E-state index contributed by atoms with van der Waals surface area (Å²) in [6.45, 7) is 3.97. The molecule has 0 unspecified atom stereocenters. The van der Waals surface area contributed by atoms with Crippen molar-refractivity contribution in [2.24, 2.45) is 10.9 Å². The van der Waals surface area contributed by atoms with Crippen LogP contribution < -0.4 is 4.74 Å². The van der Waals surface area contributed by atoms with E-state index in [1.807, 2.05) is 38.1 Å². The molecule has 1 aromatic rings. The lowest BCUT2D eigenvalue weighted by Crippen LogP contribution is -2.22. The van der Waals surface area contributed by atoms with E-state index < -0.39 is 0 Å². The molecule has 0 atom stereocenters. The van der Waals surface area contributed by atoms with Gasteiger partial charge in [-0.15, -0.1) is 0 Å². The van der Waals surface area contributed by atoms with Crippen molar-refractivity contribution >= 4 is 17.9 Å². The molecule has 0 radical (unpaired) electrons. The number of aliphatic imine (C=N–C) groups is 1. The highest BCUT2D eigenvalue weighted by molar-refractivity contribution is 6.07. The van der Waals surface area contributed by atoms with Crippen molar-refractivity contribution in [2.75, 3.05) is 0 Å². The van der Waals surface area contributed by atoms with Crippen molar-refractivity contribution in [3.63, 3.8) is 0 Å². The maximum absolute atomic E-state index is 11.8. The van der Waals surface area contributed by atoms with E-state index in [4.69, 9.17) is 9.47 Å². The Bertz CT molecular complexity index is 595. The molecule has 110 valence electrons. The fourth-order valence-corrected chi connectivity index (χ4v) is 2.33. The van der Waals surface area contributed by atoms with Gasteiger partial charge in [0.1, 0.15) is 5.75 Å². The molecular weight excluding hydrogens is 266 g/mol. The largest absolute Gasteiger partial charge is 0.491 e. The number of rotatable bonds is 4. The summed E-state index contributed by atoms with van der Waals surface area (Å²) in [6, 6.07) is 7.61. The molecule has 0 spiro atoms. The first-order chi connectivity index (χ1) is 10.1. The van der Waals surface area contributed by atoms with Gasteiger partial charge in [-0.2, -0.15) is 0 Å². The van der Waals surface area contributed by atoms with Gasteiger partial charge < -0.3 is 9.47 Å². The molecule has 1 heterocycles. The van der Waals surface area contributed by atoms with Gasteiger partial charge in [0.05, 0.1) is 6.10 Å². The molecule has 3 rings (SSSR count). The third-order valence-corrected chi connectivity index (χ3v) is 3.65. The van der Waals surface area contributed by atoms with Crippen molar-refractivity contribution in [1.29, 1.82) is 0 Å². The Morgan fingerprint density at radius 1 is 1.29 bits per heavy atom. The Labute approximate surface area is 124 Å². The summed E-state index contributed by atoms with van der Waals surface area (Å²) in [4.78, 5) is 16.1. The second kappa shape index (κ2) is 5.72. The zero-order valence-corrected chi connectivity index (χ0v) is 12.3. The standard InChI is InChI=1S/C17H19NO3/c1-11(2)20-14-8-6-12(7-9-14)10-15-17(19)21-16(18-15)13-4-3-5-13/h6-11,13H,3-5H2,1-2H3/b15-10+. The van der Waals surface area contributed by atoms with E-state index in [1.165, 1.54) is 6.42 Å². The second-order valence-corrected chi connectivity index (χ2v) is 5.73. The van der Waals surface area contributed by atoms with E-state index in [9.17, 15) is 4.79 Å². The Morgan fingerprint density at radius 3 is 2.57 bits per heavy atom. The quantitative estimate of drug-likeness (QED) is 0.627. The van der Waals surface area contributed by atoms with Crippen molar-refractivity contribution in [1.82, 2.24) is 0 Å². The molecule has 1 saturated carbocycles. The highest BCUT2D eigenvalue weighted by Crippen LogP contribution is 2.31. The number of hydrogen-bond donors (Lipinski definition) is 0. The monoisotopic (exact) mass is 285 g/mol. The van der Waals surface area contributed by atoms with Gasteiger partial charge in [0, 0.05) is 5.92 Å². The van der Waals surface area contributed by atoms with E-state index in [0.29, 0.717) is 17.5 Å². The third-order valence-electron chi connectivity index (χ3n) is 3.65. The van der Waals surface area contributed by atoms with Crippen molar-refractivity contribution < 1.29 is 14.3 Å². The van der Waals surface area contributed by atoms with Crippen LogP contribution in [0.2, 0.25) is 0 Å². The normalized spacial score (nSPS) is 20.4. The van der Waals surface area contributed by atoms with Gasteiger partial charge in [-0.25, -0.2) is 9.79 Å². The molecule has 1 fully saturated rings. The summed E-state index contributed by atoms with van der Waals surface area (Å²) in [5.74, 6) is 1.40. The number of nitrogens with zero attached hydrogens (tertiary/aromatic N) is 1. The number of ether oxygens (including phenoxy) is 2. The van der Waals surface area contributed by atoms with Gasteiger partial charge in [0.2, 0.25) is 5.90 Å². The predicted octanol–water partition coefficient (Wildman–Crippen LogP) is 3.57. The lowest BCUT2D eigenvalue weighted by Gasteiger charge is -2.23. The maximum atomic E-state index is 11.8. The minimum absolute atomic E-state index is 0.147. The van der Waals surface area contributed by atoms with E-state index >= 15 is 0 Å². The van der Waals surface area contributed by atoms with Crippen molar-refractivity contribution in [3.8, 4) is 5.75 Å². The molecule has 0 amide bonds. The van der Waals surface area contributed by atoms with Gasteiger partial charge in [-0.05, 0) is 50.5 Å². The van der Waals surface area contributed by atoms with Crippen molar-refractivity contribution in [3.05, 3.63) is 35.5 Å². The van der Waals surface area contributed by atoms with E-state index in [2.05, 4.69) is 4.99 Å². The molecule has 0 saturated heterocycles. The summed E-state index contributed by atoms with van der Waals surface area (Å²) < 4.78 is 10.8. The number of hydrogen-bond acceptors (Lipinski definition) is 4. The molecule has 4 nitrogen and oxygen atoms in total. The average Bonchev–Trinajstić information content (AvgIpc) is 2.70. The fourth-order valence-electron chi connectivity index (χ4n) is 2.33. The van der Waals surface area contributed by atoms with Gasteiger partial charge in [-0.1, -0.05) is 18.6 Å². The molecule has 1 aliphatic carbocycles.